The molecule has 0 spiro atoms. The molecule has 2 aromatic heterocycles. The Morgan fingerprint density at radius 2 is 2.19 bits per heavy atom. The number of nitrogen functional groups attached to an aromatic ring is 1. The molecule has 7 heteroatoms. The summed E-state index contributed by atoms with van der Waals surface area (Å²) in [6.45, 7) is 0. The highest BCUT2D eigenvalue weighted by atomic mass is 19.1. The third-order valence-electron chi connectivity index (χ3n) is 5.36. The van der Waals surface area contributed by atoms with E-state index in [-0.39, 0.29) is 29.6 Å². The molecule has 1 aromatic carbocycles. The molecule has 0 aliphatic heterocycles. The van der Waals surface area contributed by atoms with Crippen molar-refractivity contribution >= 4 is 22.6 Å². The van der Waals surface area contributed by atoms with Gasteiger partial charge in [0.15, 0.2) is 0 Å². The molecule has 0 atom stereocenters. The standard InChI is InChI=1S/C20H21FN4O2/c1-23-20(26)15-9-24-19(22)18-14(15)8-16(25-18)13-5-3-4-12(17(13)21)10-6-11(7-10)27-2/h3-5,8-11,25H,6-7H2,1-2H3,(H2,22,24)(H,23,26)/t10-,11+. The summed E-state index contributed by atoms with van der Waals surface area (Å²) in [6.07, 6.45) is 3.27. The molecule has 0 bridgehead atoms. The Kier molecular flexibility index (Phi) is 4.31. The quantitative estimate of drug-likeness (QED) is 0.659. The molecule has 140 valence electrons. The smallest absolute Gasteiger partial charge is 0.253 e. The number of H-pyrrole nitrogens is 1. The van der Waals surface area contributed by atoms with Crippen LogP contribution in [0.1, 0.15) is 34.7 Å². The lowest BCUT2D eigenvalue weighted by Gasteiger charge is -2.34. The topological polar surface area (TPSA) is 93.0 Å². The summed E-state index contributed by atoms with van der Waals surface area (Å²) >= 11 is 0. The first-order valence-corrected chi connectivity index (χ1v) is 8.84. The zero-order valence-electron chi connectivity index (χ0n) is 15.2. The van der Waals surface area contributed by atoms with Crippen LogP contribution in [0, 0.1) is 5.82 Å². The van der Waals surface area contributed by atoms with E-state index in [2.05, 4.69) is 15.3 Å². The minimum absolute atomic E-state index is 0.160. The van der Waals surface area contributed by atoms with Gasteiger partial charge in [0, 0.05) is 37.0 Å². The molecule has 1 aliphatic rings. The Morgan fingerprint density at radius 3 is 2.89 bits per heavy atom. The fourth-order valence-electron chi connectivity index (χ4n) is 3.68. The number of halogens is 1. The number of aromatic nitrogens is 2. The molecule has 1 fully saturated rings. The minimum Gasteiger partial charge on any atom is -0.382 e. The summed E-state index contributed by atoms with van der Waals surface area (Å²) in [4.78, 5) is 19.3. The van der Waals surface area contributed by atoms with Gasteiger partial charge in [-0.05, 0) is 36.5 Å². The normalized spacial score (nSPS) is 19.1. The average Bonchev–Trinajstić information content (AvgIpc) is 3.08. The lowest BCUT2D eigenvalue weighted by atomic mass is 9.77. The molecular weight excluding hydrogens is 347 g/mol. The molecule has 3 aromatic rings. The van der Waals surface area contributed by atoms with Crippen LogP contribution in [0.2, 0.25) is 0 Å². The van der Waals surface area contributed by atoms with E-state index in [0.29, 0.717) is 33.3 Å². The summed E-state index contributed by atoms with van der Waals surface area (Å²) in [6, 6.07) is 7.14. The first-order chi connectivity index (χ1) is 13.0. The van der Waals surface area contributed by atoms with Crippen LogP contribution < -0.4 is 11.1 Å². The second-order valence-corrected chi connectivity index (χ2v) is 6.84. The third-order valence-corrected chi connectivity index (χ3v) is 5.36. The van der Waals surface area contributed by atoms with Crippen LogP contribution in [0.3, 0.4) is 0 Å². The second kappa shape index (κ2) is 6.66. The van der Waals surface area contributed by atoms with Gasteiger partial charge in [-0.1, -0.05) is 12.1 Å². The van der Waals surface area contributed by atoms with Crippen molar-refractivity contribution in [3.63, 3.8) is 0 Å². The number of benzene rings is 1. The number of pyridine rings is 1. The molecule has 4 rings (SSSR count). The predicted molar refractivity (Wildman–Crippen MR) is 102 cm³/mol. The highest BCUT2D eigenvalue weighted by Crippen LogP contribution is 2.41. The first-order valence-electron chi connectivity index (χ1n) is 8.84. The van der Waals surface area contributed by atoms with Gasteiger partial charge in [0.1, 0.15) is 11.6 Å². The van der Waals surface area contributed by atoms with Gasteiger partial charge in [-0.2, -0.15) is 0 Å². The minimum atomic E-state index is -0.271. The lowest BCUT2D eigenvalue weighted by Crippen LogP contribution is -2.29. The number of ether oxygens (including phenoxy) is 1. The van der Waals surface area contributed by atoms with Crippen molar-refractivity contribution in [1.29, 1.82) is 0 Å². The molecule has 27 heavy (non-hydrogen) atoms. The van der Waals surface area contributed by atoms with Crippen LogP contribution in [0.4, 0.5) is 10.2 Å². The van der Waals surface area contributed by atoms with Gasteiger partial charge in [0.05, 0.1) is 17.2 Å². The zero-order valence-corrected chi connectivity index (χ0v) is 15.2. The first kappa shape index (κ1) is 17.5. The monoisotopic (exact) mass is 368 g/mol. The maximum atomic E-state index is 15.2. The van der Waals surface area contributed by atoms with E-state index in [1.54, 1.807) is 26.3 Å². The zero-order chi connectivity index (χ0) is 19.1. The summed E-state index contributed by atoms with van der Waals surface area (Å²) in [5, 5.41) is 3.20. The number of aromatic amines is 1. The van der Waals surface area contributed by atoms with E-state index >= 15 is 4.39 Å². The van der Waals surface area contributed by atoms with E-state index in [1.807, 2.05) is 12.1 Å². The molecule has 1 amide bonds. The summed E-state index contributed by atoms with van der Waals surface area (Å²) in [7, 11) is 3.23. The molecule has 1 aliphatic carbocycles. The molecule has 4 N–H and O–H groups in total. The van der Waals surface area contributed by atoms with Crippen molar-refractivity contribution in [3.8, 4) is 11.3 Å². The van der Waals surface area contributed by atoms with Crippen molar-refractivity contribution in [2.75, 3.05) is 19.9 Å². The van der Waals surface area contributed by atoms with Gasteiger partial charge in [-0.3, -0.25) is 4.79 Å². The molecule has 2 heterocycles. The summed E-state index contributed by atoms with van der Waals surface area (Å²) < 4.78 is 20.5. The maximum Gasteiger partial charge on any atom is 0.253 e. The number of carbonyl (C=O) groups excluding carboxylic acids is 1. The Bertz CT molecular complexity index is 1020. The highest BCUT2D eigenvalue weighted by Gasteiger charge is 2.32. The van der Waals surface area contributed by atoms with Gasteiger partial charge < -0.3 is 20.8 Å². The van der Waals surface area contributed by atoms with Crippen LogP contribution in [0.15, 0.2) is 30.5 Å². The van der Waals surface area contributed by atoms with E-state index in [4.69, 9.17) is 10.5 Å². The van der Waals surface area contributed by atoms with E-state index < -0.39 is 0 Å². The number of nitrogens with zero attached hydrogens (tertiary/aromatic N) is 1. The average molecular weight is 368 g/mol. The van der Waals surface area contributed by atoms with Crippen molar-refractivity contribution in [2.24, 2.45) is 0 Å². The van der Waals surface area contributed by atoms with E-state index in [9.17, 15) is 4.79 Å². The number of rotatable bonds is 4. The number of methoxy groups -OCH3 is 1. The number of hydrogen-bond donors (Lipinski definition) is 3. The SMILES string of the molecule is CNC(=O)c1cnc(N)c2[nH]c(-c3cccc([C@H]4C[C@@H](OC)C4)c3F)cc12. The van der Waals surface area contributed by atoms with Crippen LogP contribution in [0.25, 0.3) is 22.2 Å². The van der Waals surface area contributed by atoms with Crippen molar-refractivity contribution in [1.82, 2.24) is 15.3 Å². The second-order valence-electron chi connectivity index (χ2n) is 6.84. The van der Waals surface area contributed by atoms with Gasteiger partial charge in [0.2, 0.25) is 0 Å². The van der Waals surface area contributed by atoms with Gasteiger partial charge in [0.25, 0.3) is 5.91 Å². The lowest BCUT2D eigenvalue weighted by molar-refractivity contribution is 0.0250. The van der Waals surface area contributed by atoms with Crippen molar-refractivity contribution in [2.45, 2.75) is 24.9 Å². The summed E-state index contributed by atoms with van der Waals surface area (Å²) in [5.74, 6) is -0.0983. The Balaban J connectivity index is 1.79. The summed E-state index contributed by atoms with van der Waals surface area (Å²) in [5.41, 5.74) is 8.58. The molecule has 6 nitrogen and oxygen atoms in total. The molecule has 0 unspecified atom stereocenters. The molecule has 0 radical (unpaired) electrons. The maximum absolute atomic E-state index is 15.2. The van der Waals surface area contributed by atoms with Crippen molar-refractivity contribution in [3.05, 3.63) is 47.4 Å². The van der Waals surface area contributed by atoms with E-state index in [1.165, 1.54) is 6.20 Å². The number of hydrogen-bond acceptors (Lipinski definition) is 4. The number of carbonyl (C=O) groups is 1. The van der Waals surface area contributed by atoms with Gasteiger partial charge >= 0.3 is 0 Å². The van der Waals surface area contributed by atoms with E-state index in [0.717, 1.165) is 12.8 Å². The largest absolute Gasteiger partial charge is 0.382 e. The molecule has 1 saturated carbocycles. The Labute approximate surface area is 155 Å². The van der Waals surface area contributed by atoms with Crippen LogP contribution in [0.5, 0.6) is 0 Å². The number of amides is 1. The van der Waals surface area contributed by atoms with Crippen LogP contribution >= 0.6 is 0 Å². The Morgan fingerprint density at radius 1 is 1.41 bits per heavy atom. The molecule has 0 saturated heterocycles. The predicted octanol–water partition coefficient (Wildman–Crippen LogP) is 3.20. The van der Waals surface area contributed by atoms with Gasteiger partial charge in [-0.15, -0.1) is 0 Å². The fraction of sp³-hybridized carbons (Fsp3) is 0.300. The number of anilines is 1. The molecular formula is C20H21FN4O2. The number of nitrogens with one attached hydrogen (secondary N) is 2. The number of fused-ring (bicyclic) bond motifs is 1. The van der Waals surface area contributed by atoms with Gasteiger partial charge in [-0.25, -0.2) is 9.37 Å². The highest BCUT2D eigenvalue weighted by molar-refractivity contribution is 6.09. The van der Waals surface area contributed by atoms with Crippen LogP contribution in [-0.4, -0.2) is 36.1 Å². The van der Waals surface area contributed by atoms with Crippen LogP contribution in [-0.2, 0) is 4.74 Å². The fourth-order valence-corrected chi connectivity index (χ4v) is 3.68. The third kappa shape index (κ3) is 2.84. The number of nitrogens with two attached hydrogens (primary N) is 1. The Hall–Kier alpha value is -2.93. The van der Waals surface area contributed by atoms with Crippen molar-refractivity contribution < 1.29 is 13.9 Å².